The first kappa shape index (κ1) is 64.8. The summed E-state index contributed by atoms with van der Waals surface area (Å²) < 4.78 is 35.8. The van der Waals surface area contributed by atoms with Crippen LogP contribution in [0.5, 0.6) is 23.0 Å². The summed E-state index contributed by atoms with van der Waals surface area (Å²) in [6, 6.07) is 74.6. The van der Waals surface area contributed by atoms with Crippen LogP contribution in [0, 0.1) is 11.8 Å². The Kier molecular flexibility index (Phi) is 24.9. The number of aliphatic hydroxyl groups is 1. The first-order valence-corrected chi connectivity index (χ1v) is 32.7. The Bertz CT molecular complexity index is 2910. The Morgan fingerprint density at radius 1 is 0.337 bits per heavy atom. The Morgan fingerprint density at radius 3 is 0.849 bits per heavy atom. The van der Waals surface area contributed by atoms with E-state index in [1.54, 1.807) is 0 Å². The van der Waals surface area contributed by atoms with E-state index in [4.69, 9.17) is 28.4 Å². The lowest BCUT2D eigenvalue weighted by Crippen LogP contribution is -2.39. The van der Waals surface area contributed by atoms with Crippen molar-refractivity contribution in [1.82, 2.24) is 0 Å². The molecule has 12 rings (SSSR count). The molecule has 2 saturated carbocycles. The van der Waals surface area contributed by atoms with E-state index in [1.807, 2.05) is 55.4 Å². The summed E-state index contributed by atoms with van der Waals surface area (Å²) in [4.78, 5) is 0. The maximum Gasteiger partial charge on any atom is 0.122 e. The van der Waals surface area contributed by atoms with E-state index in [0.29, 0.717) is 36.5 Å². The average molecular weight is 1160 g/mol. The number of hydrogen-bond acceptors (Lipinski definition) is 7. The minimum atomic E-state index is -0.849. The summed E-state index contributed by atoms with van der Waals surface area (Å²) in [5.74, 6) is 3.89. The van der Waals surface area contributed by atoms with Gasteiger partial charge in [-0.15, -0.1) is 0 Å². The van der Waals surface area contributed by atoms with Crippen LogP contribution in [0.4, 0.5) is 0 Å². The second kappa shape index (κ2) is 33.1. The van der Waals surface area contributed by atoms with Crippen LogP contribution in [0.1, 0.15) is 153 Å². The molecule has 2 aliphatic heterocycles. The van der Waals surface area contributed by atoms with Gasteiger partial charge in [0.15, 0.2) is 0 Å². The SMILES string of the molecule is CC.CC.CC.CC.OC(COc1ccc(C(c2ccc(OCC3CO3)cc2)(c2ccc(-c3ccccc3)cc2)C2CCCCC2)cc1)COc1ccc(C(c2ccc(OCC3CO3)cc2)(c2ccc(-c3ccccc3)cc2)C2CCCCC2)cc1. The van der Waals surface area contributed by atoms with Crippen LogP contribution < -0.4 is 18.9 Å². The normalized spacial score (nSPS) is 17.9. The molecule has 2 heterocycles. The zero-order valence-electron chi connectivity index (χ0n) is 52.7. The van der Waals surface area contributed by atoms with E-state index in [1.165, 1.54) is 94.2 Å². The van der Waals surface area contributed by atoms with E-state index >= 15 is 0 Å². The second-order valence-electron chi connectivity index (χ2n) is 22.1. The molecule has 0 bridgehead atoms. The van der Waals surface area contributed by atoms with E-state index < -0.39 is 16.9 Å². The summed E-state index contributed by atoms with van der Waals surface area (Å²) in [5, 5.41) is 11.4. The van der Waals surface area contributed by atoms with Crippen molar-refractivity contribution in [2.45, 2.75) is 149 Å². The zero-order chi connectivity index (χ0) is 60.6. The van der Waals surface area contributed by atoms with Gasteiger partial charge in [0, 0.05) is 10.8 Å². The highest BCUT2D eigenvalue weighted by molar-refractivity contribution is 5.67. The van der Waals surface area contributed by atoms with E-state index in [-0.39, 0.29) is 25.4 Å². The number of ether oxygens (including phenoxy) is 6. The number of benzene rings is 8. The predicted octanol–water partition coefficient (Wildman–Crippen LogP) is 19.3. The van der Waals surface area contributed by atoms with Crippen molar-refractivity contribution in [2.24, 2.45) is 11.8 Å². The van der Waals surface area contributed by atoms with Crippen LogP contribution in [-0.2, 0) is 20.3 Å². The highest BCUT2D eigenvalue weighted by Crippen LogP contribution is 2.53. The second-order valence-corrected chi connectivity index (χ2v) is 22.1. The van der Waals surface area contributed by atoms with Crippen LogP contribution in [-0.4, -0.2) is 63.1 Å². The molecule has 4 atom stereocenters. The molecule has 2 aliphatic carbocycles. The van der Waals surface area contributed by atoms with E-state index in [9.17, 15) is 5.11 Å². The smallest absolute Gasteiger partial charge is 0.122 e. The Hall–Kier alpha value is -7.16. The fraction of sp³-hybridized carbons (Fsp3) is 0.392. The molecular weight excluding hydrogens is 1060 g/mol. The molecule has 0 aromatic heterocycles. The molecule has 4 aliphatic rings. The van der Waals surface area contributed by atoms with Crippen molar-refractivity contribution in [3.05, 3.63) is 240 Å². The first-order valence-electron chi connectivity index (χ1n) is 32.7. The van der Waals surface area contributed by atoms with Gasteiger partial charge in [-0.3, -0.25) is 0 Å². The zero-order valence-corrected chi connectivity index (χ0v) is 52.7. The lowest BCUT2D eigenvalue weighted by atomic mass is 9.58. The number of epoxide rings is 2. The quantitative estimate of drug-likeness (QED) is 0.0535. The minimum Gasteiger partial charge on any atom is -0.491 e. The van der Waals surface area contributed by atoms with Crippen LogP contribution in [0.3, 0.4) is 0 Å². The molecule has 1 N–H and O–H groups in total. The summed E-state index contributed by atoms with van der Waals surface area (Å²) in [6.07, 6.45) is 11.4. The summed E-state index contributed by atoms with van der Waals surface area (Å²) >= 11 is 0. The third-order valence-corrected chi connectivity index (χ3v) is 17.1. The highest BCUT2D eigenvalue weighted by atomic mass is 16.6. The molecule has 0 spiro atoms. The monoisotopic (exact) mass is 1160 g/mol. The lowest BCUT2D eigenvalue weighted by Gasteiger charge is -2.45. The largest absolute Gasteiger partial charge is 0.491 e. The van der Waals surface area contributed by atoms with Gasteiger partial charge in [0.2, 0.25) is 0 Å². The van der Waals surface area contributed by atoms with Crippen molar-refractivity contribution < 1.29 is 33.5 Å². The van der Waals surface area contributed by atoms with E-state index in [0.717, 1.165) is 50.4 Å². The Balaban J connectivity index is 0.00000115. The van der Waals surface area contributed by atoms with Gasteiger partial charge in [-0.2, -0.15) is 0 Å². The molecule has 0 amide bonds. The molecule has 8 aromatic carbocycles. The molecule has 7 heteroatoms. The van der Waals surface area contributed by atoms with Gasteiger partial charge < -0.3 is 33.5 Å². The number of hydrogen-bond donors (Lipinski definition) is 1. The van der Waals surface area contributed by atoms with Crippen molar-refractivity contribution >= 4 is 0 Å². The molecule has 86 heavy (non-hydrogen) atoms. The van der Waals surface area contributed by atoms with Crippen LogP contribution >= 0.6 is 0 Å². The van der Waals surface area contributed by atoms with Crippen molar-refractivity contribution in [3.8, 4) is 45.3 Å². The topological polar surface area (TPSA) is 82.2 Å². The third-order valence-electron chi connectivity index (χ3n) is 17.1. The molecule has 4 fully saturated rings. The third kappa shape index (κ3) is 15.9. The molecule has 4 unspecified atom stereocenters. The maximum atomic E-state index is 11.4. The minimum absolute atomic E-state index is 0.0939. The fourth-order valence-electron chi connectivity index (χ4n) is 13.0. The molecule has 7 nitrogen and oxygen atoms in total. The van der Waals surface area contributed by atoms with Crippen LogP contribution in [0.2, 0.25) is 0 Å². The molecule has 8 aromatic rings. The van der Waals surface area contributed by atoms with Crippen molar-refractivity contribution in [1.29, 1.82) is 0 Å². The summed E-state index contributed by atoms with van der Waals surface area (Å²) in [6.45, 7) is 18.9. The van der Waals surface area contributed by atoms with Crippen molar-refractivity contribution in [3.63, 3.8) is 0 Å². The molecule has 0 radical (unpaired) electrons. The highest BCUT2D eigenvalue weighted by Gasteiger charge is 2.46. The van der Waals surface area contributed by atoms with Gasteiger partial charge >= 0.3 is 0 Å². The standard InChI is InChI=1S/C71H72O7.4C2H6/c72-63(45-73-64-37-29-59(30-38-64)70(55-17-9-3-10-18-55,61-33-41-66(42-34-61)75-47-68-49-77-68)57-25-21-53(22-26-57)51-13-5-1-6-14-51)46-74-65-39-31-60(32-40-65)71(56-19-11-4-12-20-56,62-35-43-67(44-36-62)76-48-69-50-78-69)58-27-23-54(24-28-58)52-15-7-2-8-16-52;4*1-2/h1-2,5-8,13-16,21-44,55-56,63,68-69,72H,3-4,9-12,17-20,45-50H2;4*1-2H3. The van der Waals surface area contributed by atoms with Gasteiger partial charge in [0.05, 0.1) is 13.2 Å². The summed E-state index contributed by atoms with van der Waals surface area (Å²) in [7, 11) is 0. The number of rotatable bonds is 22. The summed E-state index contributed by atoms with van der Waals surface area (Å²) in [5.41, 5.74) is 11.5. The Morgan fingerprint density at radius 2 is 0.581 bits per heavy atom. The van der Waals surface area contributed by atoms with Gasteiger partial charge in [0.25, 0.3) is 0 Å². The van der Waals surface area contributed by atoms with Gasteiger partial charge in [-0.1, -0.05) is 252 Å². The Labute approximate surface area is 516 Å². The van der Waals surface area contributed by atoms with Crippen molar-refractivity contribution in [2.75, 3.05) is 39.6 Å². The van der Waals surface area contributed by atoms with Crippen LogP contribution in [0.25, 0.3) is 22.3 Å². The van der Waals surface area contributed by atoms with Gasteiger partial charge in [0.1, 0.15) is 67.7 Å². The average Bonchev–Trinajstić information content (AvgIpc) is 1.25. The van der Waals surface area contributed by atoms with E-state index in [2.05, 4.69) is 206 Å². The predicted molar refractivity (Wildman–Crippen MR) is 355 cm³/mol. The first-order chi connectivity index (χ1) is 42.5. The lowest BCUT2D eigenvalue weighted by molar-refractivity contribution is 0.0626. The van der Waals surface area contributed by atoms with Crippen LogP contribution in [0.15, 0.2) is 206 Å². The molecular formula is C79H96O7. The van der Waals surface area contributed by atoms with Gasteiger partial charge in [-0.05, 0) is 142 Å². The maximum absolute atomic E-state index is 11.4. The molecule has 2 saturated heterocycles. The van der Waals surface area contributed by atoms with Gasteiger partial charge in [-0.25, -0.2) is 0 Å². The molecule has 454 valence electrons. The number of aliphatic hydroxyl groups excluding tert-OH is 1. The fourth-order valence-corrected chi connectivity index (χ4v) is 13.0.